The summed E-state index contributed by atoms with van der Waals surface area (Å²) >= 11 is 1.48. The Kier molecular flexibility index (Phi) is 9.85. The molecule has 3 aliphatic rings. The predicted molar refractivity (Wildman–Crippen MR) is 202 cm³/mol. The highest BCUT2D eigenvalue weighted by molar-refractivity contribution is 7.91. The zero-order valence-corrected chi connectivity index (χ0v) is 33.4. The van der Waals surface area contributed by atoms with E-state index in [1.54, 1.807) is 41.7 Å². The Morgan fingerprint density at radius 1 is 1.15 bits per heavy atom. The van der Waals surface area contributed by atoms with E-state index >= 15 is 0 Å². The van der Waals surface area contributed by atoms with Crippen LogP contribution < -0.4 is 19.5 Å². The van der Waals surface area contributed by atoms with Crippen molar-refractivity contribution in [1.29, 1.82) is 0 Å². The number of hydrogen-bond donors (Lipinski definition) is 2. The molecule has 0 spiro atoms. The maximum Gasteiger partial charge on any atom is 0.411 e. The number of aryl methyl sites for hydroxylation is 1. The number of likely N-dealkylation sites (tertiary alicyclic amines) is 1. The first-order valence-corrected chi connectivity index (χ1v) is 20.2. The van der Waals surface area contributed by atoms with Gasteiger partial charge in [0.05, 0.1) is 29.6 Å². The summed E-state index contributed by atoms with van der Waals surface area (Å²) in [6, 6.07) is 4.41. The number of pyridine rings is 1. The van der Waals surface area contributed by atoms with Gasteiger partial charge in [-0.3, -0.25) is 19.2 Å². The highest BCUT2D eigenvalue weighted by atomic mass is 32.2. The number of carbonyl (C=O) groups is 3. The summed E-state index contributed by atoms with van der Waals surface area (Å²) in [5.74, 6) is -1.18. The lowest BCUT2D eigenvalue weighted by atomic mass is 9.98. The first-order chi connectivity index (χ1) is 24.7. The van der Waals surface area contributed by atoms with Gasteiger partial charge in [-0.25, -0.2) is 23.2 Å². The number of nitrogens with one attached hydrogen (secondary N) is 2. The van der Waals surface area contributed by atoms with Crippen LogP contribution in [-0.4, -0.2) is 82.9 Å². The molecule has 3 aromatic rings. The maximum absolute atomic E-state index is 14.3. The van der Waals surface area contributed by atoms with Gasteiger partial charge >= 0.3 is 6.09 Å². The smallest absolute Gasteiger partial charge is 0.411 e. The minimum absolute atomic E-state index is 0.00593. The second-order valence-electron chi connectivity index (χ2n) is 16.0. The van der Waals surface area contributed by atoms with E-state index < -0.39 is 67.8 Å². The third-order valence-corrected chi connectivity index (χ3v) is 13.6. The second kappa shape index (κ2) is 13.6. The summed E-state index contributed by atoms with van der Waals surface area (Å²) in [7, 11) is -2.37. The van der Waals surface area contributed by atoms with Crippen LogP contribution in [0.3, 0.4) is 0 Å². The van der Waals surface area contributed by atoms with Crippen LogP contribution in [-0.2, 0) is 24.3 Å². The molecule has 2 aliphatic carbocycles. The van der Waals surface area contributed by atoms with E-state index in [1.807, 2.05) is 30.5 Å². The molecule has 6 rings (SSSR count). The summed E-state index contributed by atoms with van der Waals surface area (Å²) in [6.07, 6.45) is 1.15. The molecule has 1 aliphatic heterocycles. The molecule has 5 atom stereocenters. The number of benzene rings is 1. The number of ether oxygens (including phenoxy) is 3. The van der Waals surface area contributed by atoms with Crippen molar-refractivity contribution >= 4 is 50.2 Å². The van der Waals surface area contributed by atoms with E-state index in [-0.39, 0.29) is 18.9 Å². The van der Waals surface area contributed by atoms with Crippen molar-refractivity contribution in [2.75, 3.05) is 13.7 Å². The van der Waals surface area contributed by atoms with Gasteiger partial charge in [0.25, 0.3) is 5.91 Å². The molecule has 13 nitrogen and oxygen atoms in total. The molecule has 3 amide bonds. The molecule has 2 saturated carbocycles. The Bertz CT molecular complexity index is 2090. The van der Waals surface area contributed by atoms with Gasteiger partial charge in [-0.05, 0) is 71.9 Å². The molecule has 0 radical (unpaired) electrons. The van der Waals surface area contributed by atoms with Crippen molar-refractivity contribution in [3.63, 3.8) is 0 Å². The minimum Gasteiger partial charge on any atom is -0.496 e. The number of sulfonamides is 1. The van der Waals surface area contributed by atoms with Crippen LogP contribution in [0.4, 0.5) is 4.79 Å². The van der Waals surface area contributed by atoms with E-state index in [2.05, 4.69) is 30.5 Å². The van der Waals surface area contributed by atoms with E-state index in [4.69, 9.17) is 24.2 Å². The van der Waals surface area contributed by atoms with Crippen molar-refractivity contribution < 1.29 is 37.0 Å². The molecule has 2 N–H and O–H groups in total. The van der Waals surface area contributed by atoms with Crippen LogP contribution in [0, 0.1) is 18.8 Å². The van der Waals surface area contributed by atoms with Gasteiger partial charge in [0.2, 0.25) is 15.9 Å². The number of hydrogen-bond acceptors (Lipinski definition) is 11. The second-order valence-corrected chi connectivity index (χ2v) is 19.1. The summed E-state index contributed by atoms with van der Waals surface area (Å²) < 4.78 is 45.3. The normalized spacial score (nSPS) is 24.8. The Hall–Kier alpha value is -4.24. The first kappa shape index (κ1) is 38.5. The van der Waals surface area contributed by atoms with Crippen LogP contribution >= 0.6 is 11.3 Å². The number of aromatic nitrogens is 2. The van der Waals surface area contributed by atoms with Crippen LogP contribution in [0.15, 0.2) is 36.2 Å². The number of fused-ring (bicyclic) bond motifs is 1. The number of methoxy groups -OCH3 is 1. The molecule has 1 aromatic carbocycles. The zero-order valence-electron chi connectivity index (χ0n) is 31.7. The van der Waals surface area contributed by atoms with E-state index in [0.717, 1.165) is 16.3 Å². The van der Waals surface area contributed by atoms with Gasteiger partial charge in [-0.2, -0.15) is 0 Å². The third kappa shape index (κ3) is 7.21. The molecular weight excluding hydrogens is 719 g/mol. The van der Waals surface area contributed by atoms with Gasteiger partial charge in [-0.1, -0.05) is 26.8 Å². The van der Waals surface area contributed by atoms with Crippen LogP contribution in [0.2, 0.25) is 0 Å². The summed E-state index contributed by atoms with van der Waals surface area (Å²) in [5, 5.41) is 6.28. The monoisotopic (exact) mass is 767 g/mol. The van der Waals surface area contributed by atoms with Gasteiger partial charge in [0.1, 0.15) is 45.5 Å². The molecule has 2 aromatic heterocycles. The topological polar surface area (TPSA) is 166 Å². The average molecular weight is 768 g/mol. The van der Waals surface area contributed by atoms with Gasteiger partial charge in [0.15, 0.2) is 0 Å². The fourth-order valence-electron chi connectivity index (χ4n) is 6.74. The van der Waals surface area contributed by atoms with Crippen molar-refractivity contribution in [3.05, 3.63) is 47.5 Å². The molecule has 3 heterocycles. The number of nitrogens with zero attached hydrogens (tertiary/aromatic N) is 3. The van der Waals surface area contributed by atoms with Crippen molar-refractivity contribution in [2.24, 2.45) is 11.8 Å². The van der Waals surface area contributed by atoms with E-state index in [0.29, 0.717) is 40.9 Å². The SMILES string of the molecule is C=CC1CC1(NC(=O)C1C(C)C(Oc2cc(-c3nc(C(C)C)cs3)nc3c(C)c(OC)ccc23)CN1C(=O)OC(C)(C)C)C(=O)NS(=O)(=O)C1(C)CC1. The Balaban J connectivity index is 1.34. The predicted octanol–water partition coefficient (Wildman–Crippen LogP) is 5.86. The number of carbonyl (C=O) groups excluding carboxylic acids is 3. The van der Waals surface area contributed by atoms with Crippen molar-refractivity contribution in [3.8, 4) is 22.2 Å². The fraction of sp³-hybridized carbons (Fsp3) is 0.553. The lowest BCUT2D eigenvalue weighted by Gasteiger charge is -2.30. The molecule has 53 heavy (non-hydrogen) atoms. The fourth-order valence-corrected chi connectivity index (χ4v) is 9.00. The standard InChI is InChI=1S/C38H49N5O8S2/c1-11-23-17-38(23,34(45)42-53(47,48)37(9)14-15-37)41-32(44)31-22(5)29(18-43(31)35(46)51-36(6,7)8)50-28-16-25(33-40-26(19-52-33)20(2)3)39-30-21(4)27(49-10)13-12-24(28)30/h11-13,16,19-20,22-23,29,31H,1,14-15,17-18H2,2-10H3,(H,41,44)(H,42,45). The number of rotatable bonds is 11. The quantitative estimate of drug-likeness (QED) is 0.226. The van der Waals surface area contributed by atoms with E-state index in [9.17, 15) is 22.8 Å². The third-order valence-electron chi connectivity index (χ3n) is 10.6. The maximum atomic E-state index is 14.3. The lowest BCUT2D eigenvalue weighted by molar-refractivity contribution is -0.132. The van der Waals surface area contributed by atoms with Crippen molar-refractivity contribution in [1.82, 2.24) is 24.9 Å². The highest BCUT2D eigenvalue weighted by Gasteiger charge is 2.63. The Morgan fingerprint density at radius 2 is 1.85 bits per heavy atom. The Labute approximate surface area is 314 Å². The summed E-state index contributed by atoms with van der Waals surface area (Å²) in [6.45, 7) is 18.4. The van der Waals surface area contributed by atoms with Crippen LogP contribution in [0.1, 0.15) is 84.9 Å². The number of thiazole rings is 1. The molecule has 5 unspecified atom stereocenters. The first-order valence-electron chi connectivity index (χ1n) is 17.9. The molecule has 15 heteroatoms. The Morgan fingerprint density at radius 3 is 2.42 bits per heavy atom. The van der Waals surface area contributed by atoms with Crippen molar-refractivity contribution in [2.45, 2.75) is 109 Å². The molecule has 3 fully saturated rings. The van der Waals surface area contributed by atoms with Crippen LogP contribution in [0.5, 0.6) is 11.5 Å². The average Bonchev–Trinajstić information content (AvgIpc) is 3.89. The number of amides is 3. The largest absolute Gasteiger partial charge is 0.496 e. The van der Waals surface area contributed by atoms with E-state index in [1.165, 1.54) is 22.3 Å². The van der Waals surface area contributed by atoms with Gasteiger partial charge in [0, 0.05) is 34.2 Å². The lowest BCUT2D eigenvalue weighted by Crippen LogP contribution is -2.58. The molecule has 0 bridgehead atoms. The molecule has 286 valence electrons. The van der Waals surface area contributed by atoms with Gasteiger partial charge in [-0.15, -0.1) is 17.9 Å². The summed E-state index contributed by atoms with van der Waals surface area (Å²) in [4.78, 5) is 52.8. The van der Waals surface area contributed by atoms with Gasteiger partial charge < -0.3 is 19.5 Å². The summed E-state index contributed by atoms with van der Waals surface area (Å²) in [5.41, 5.74) is 0.625. The highest BCUT2D eigenvalue weighted by Crippen LogP contribution is 2.47. The molecule has 1 saturated heterocycles. The zero-order chi connectivity index (χ0) is 38.8. The van der Waals surface area contributed by atoms with Crippen LogP contribution in [0.25, 0.3) is 21.6 Å². The molecular formula is C38H49N5O8S2. The minimum atomic E-state index is -3.97.